The number of morpholine rings is 1. The number of anilines is 2. The third kappa shape index (κ3) is 3.38. The van der Waals surface area contributed by atoms with Crippen LogP contribution in [0.15, 0.2) is 22.8 Å². The molecule has 1 fully saturated rings. The van der Waals surface area contributed by atoms with Gasteiger partial charge in [-0.2, -0.15) is 19.6 Å². The number of aromatic nitrogens is 6. The summed E-state index contributed by atoms with van der Waals surface area (Å²) >= 11 is 9.31. The SMILES string of the molecule is Fc1c(Cl)ccc2[nH]c(CNc3nc(N4CCOCC4)nc4c(Br)cnn34)nc12. The van der Waals surface area contributed by atoms with Gasteiger partial charge < -0.3 is 19.9 Å². The molecule has 2 N–H and O–H groups in total. The number of nitrogens with one attached hydrogen (secondary N) is 2. The van der Waals surface area contributed by atoms with Crippen LogP contribution in [0.1, 0.15) is 5.82 Å². The molecule has 0 amide bonds. The number of hydrogen-bond acceptors (Lipinski definition) is 7. The Morgan fingerprint density at radius 3 is 2.90 bits per heavy atom. The molecule has 0 atom stereocenters. The van der Waals surface area contributed by atoms with Crippen LogP contribution in [0.4, 0.5) is 16.3 Å². The van der Waals surface area contributed by atoms with Gasteiger partial charge in [-0.1, -0.05) is 11.6 Å². The van der Waals surface area contributed by atoms with Crippen LogP contribution in [-0.2, 0) is 11.3 Å². The second-order valence-corrected chi connectivity index (χ2v) is 7.73. The second-order valence-electron chi connectivity index (χ2n) is 6.47. The van der Waals surface area contributed by atoms with E-state index in [9.17, 15) is 4.39 Å². The number of nitrogens with zero attached hydrogens (tertiary/aromatic N) is 6. The minimum absolute atomic E-state index is 0.0394. The van der Waals surface area contributed by atoms with Gasteiger partial charge in [0, 0.05) is 13.1 Å². The highest BCUT2D eigenvalue weighted by atomic mass is 79.9. The molecule has 0 radical (unpaired) electrons. The van der Waals surface area contributed by atoms with Crippen molar-refractivity contribution in [3.8, 4) is 0 Å². The highest BCUT2D eigenvalue weighted by Crippen LogP contribution is 2.24. The van der Waals surface area contributed by atoms with E-state index < -0.39 is 5.82 Å². The molecule has 4 aromatic rings. The lowest BCUT2D eigenvalue weighted by atomic mass is 10.3. The number of hydrogen-bond donors (Lipinski definition) is 2. The van der Waals surface area contributed by atoms with Gasteiger partial charge in [0.25, 0.3) is 0 Å². The van der Waals surface area contributed by atoms with Gasteiger partial charge >= 0.3 is 0 Å². The van der Waals surface area contributed by atoms with Crippen LogP contribution in [-0.4, -0.2) is 55.9 Å². The first-order valence-corrected chi connectivity index (χ1v) is 10.1. The standard InChI is InChI=1S/C17H15BrClFN8O/c18-9-7-22-28-15(9)25-17(27-3-5-29-6-4-27)26-16(28)21-8-12-23-11-2-1-10(19)13(20)14(11)24-12/h1-2,7H,3-6,8H2,(H,23,24)(H,21,25,26). The van der Waals surface area contributed by atoms with E-state index in [1.54, 1.807) is 16.8 Å². The fourth-order valence-corrected chi connectivity index (χ4v) is 3.67. The minimum atomic E-state index is -0.540. The molecule has 9 nitrogen and oxygen atoms in total. The maximum atomic E-state index is 14.2. The number of benzene rings is 1. The first kappa shape index (κ1) is 18.5. The van der Waals surface area contributed by atoms with Gasteiger partial charge in [-0.15, -0.1) is 0 Å². The quantitative estimate of drug-likeness (QED) is 0.462. The molecule has 1 aliphatic heterocycles. The molecule has 3 aromatic heterocycles. The van der Waals surface area contributed by atoms with E-state index in [1.807, 2.05) is 0 Å². The van der Waals surface area contributed by atoms with Crippen molar-refractivity contribution in [2.24, 2.45) is 0 Å². The molecular formula is C17H15BrClFN8O. The van der Waals surface area contributed by atoms with E-state index >= 15 is 0 Å². The highest BCUT2D eigenvalue weighted by Gasteiger charge is 2.19. The van der Waals surface area contributed by atoms with Crippen LogP contribution >= 0.6 is 27.5 Å². The normalized spacial score (nSPS) is 14.8. The molecular weight excluding hydrogens is 467 g/mol. The average Bonchev–Trinajstić information content (AvgIpc) is 3.34. The van der Waals surface area contributed by atoms with E-state index in [4.69, 9.17) is 16.3 Å². The zero-order valence-electron chi connectivity index (χ0n) is 15.0. The molecule has 0 spiro atoms. The van der Waals surface area contributed by atoms with Crippen LogP contribution in [0.2, 0.25) is 5.02 Å². The zero-order valence-corrected chi connectivity index (χ0v) is 17.3. The van der Waals surface area contributed by atoms with Crippen molar-refractivity contribution in [1.29, 1.82) is 0 Å². The summed E-state index contributed by atoms with van der Waals surface area (Å²) in [4.78, 5) is 18.7. The van der Waals surface area contributed by atoms with Crippen LogP contribution in [0.3, 0.4) is 0 Å². The predicted molar refractivity (Wildman–Crippen MR) is 110 cm³/mol. The summed E-state index contributed by atoms with van der Waals surface area (Å²) in [6, 6.07) is 3.19. The van der Waals surface area contributed by atoms with Crippen molar-refractivity contribution < 1.29 is 9.13 Å². The molecule has 1 saturated heterocycles. The number of H-pyrrole nitrogens is 1. The van der Waals surface area contributed by atoms with Crippen molar-refractivity contribution in [2.45, 2.75) is 6.54 Å². The monoisotopic (exact) mass is 480 g/mol. The number of aromatic amines is 1. The molecule has 0 aliphatic carbocycles. The molecule has 0 unspecified atom stereocenters. The topological polar surface area (TPSA) is 96.3 Å². The van der Waals surface area contributed by atoms with E-state index in [0.29, 0.717) is 55.2 Å². The fourth-order valence-electron chi connectivity index (χ4n) is 3.17. The van der Waals surface area contributed by atoms with E-state index in [1.165, 1.54) is 6.07 Å². The molecule has 0 bridgehead atoms. The van der Waals surface area contributed by atoms with E-state index in [2.05, 4.69) is 51.2 Å². The lowest BCUT2D eigenvalue weighted by Crippen LogP contribution is -2.37. The number of fused-ring (bicyclic) bond motifs is 2. The van der Waals surface area contributed by atoms with E-state index in [0.717, 1.165) is 4.47 Å². The van der Waals surface area contributed by atoms with Gasteiger partial charge in [0.2, 0.25) is 11.9 Å². The molecule has 150 valence electrons. The van der Waals surface area contributed by atoms with Crippen molar-refractivity contribution in [3.63, 3.8) is 0 Å². The molecule has 29 heavy (non-hydrogen) atoms. The Bertz CT molecular complexity index is 1210. The summed E-state index contributed by atoms with van der Waals surface area (Å²) in [5.74, 6) is 1.10. The lowest BCUT2D eigenvalue weighted by molar-refractivity contribution is 0.122. The Labute approximate surface area is 177 Å². The summed E-state index contributed by atoms with van der Waals surface area (Å²) in [5.41, 5.74) is 1.43. The number of rotatable bonds is 4. The Hall–Kier alpha value is -2.50. The smallest absolute Gasteiger partial charge is 0.230 e. The third-order valence-corrected chi connectivity index (χ3v) is 5.47. The van der Waals surface area contributed by atoms with Crippen LogP contribution in [0.5, 0.6) is 0 Å². The maximum Gasteiger partial charge on any atom is 0.230 e. The van der Waals surface area contributed by atoms with Crippen molar-refractivity contribution >= 4 is 56.1 Å². The van der Waals surface area contributed by atoms with Gasteiger partial charge in [0.1, 0.15) is 11.3 Å². The first-order valence-electron chi connectivity index (χ1n) is 8.90. The van der Waals surface area contributed by atoms with Crippen molar-refractivity contribution in [1.82, 2.24) is 29.5 Å². The van der Waals surface area contributed by atoms with Gasteiger partial charge in [-0.25, -0.2) is 9.37 Å². The average molecular weight is 482 g/mol. The van der Waals surface area contributed by atoms with Gasteiger partial charge in [0.05, 0.1) is 41.0 Å². The Balaban J connectivity index is 1.47. The molecule has 5 rings (SSSR count). The second kappa shape index (κ2) is 7.39. The zero-order chi connectivity index (χ0) is 20.0. The molecule has 1 aromatic carbocycles. The number of halogens is 3. The van der Waals surface area contributed by atoms with Crippen molar-refractivity contribution in [2.75, 3.05) is 36.5 Å². The Morgan fingerprint density at radius 2 is 2.07 bits per heavy atom. The Kier molecular flexibility index (Phi) is 4.72. The molecule has 1 aliphatic rings. The largest absolute Gasteiger partial charge is 0.378 e. The minimum Gasteiger partial charge on any atom is -0.378 e. The molecule has 12 heteroatoms. The van der Waals surface area contributed by atoms with Gasteiger partial charge in [0.15, 0.2) is 11.5 Å². The fraction of sp³-hybridized carbons (Fsp3) is 0.294. The molecule has 0 saturated carbocycles. The summed E-state index contributed by atoms with van der Waals surface area (Å²) in [6.07, 6.45) is 1.66. The summed E-state index contributed by atoms with van der Waals surface area (Å²) < 4.78 is 21.9. The van der Waals surface area contributed by atoms with Gasteiger partial charge in [-0.3, -0.25) is 0 Å². The van der Waals surface area contributed by atoms with Crippen LogP contribution in [0.25, 0.3) is 16.7 Å². The summed E-state index contributed by atoms with van der Waals surface area (Å²) in [6.45, 7) is 2.98. The summed E-state index contributed by atoms with van der Waals surface area (Å²) in [5, 5.41) is 7.57. The number of ether oxygens (including phenoxy) is 1. The number of imidazole rings is 1. The molecule has 4 heterocycles. The maximum absolute atomic E-state index is 14.2. The highest BCUT2D eigenvalue weighted by molar-refractivity contribution is 9.10. The lowest BCUT2D eigenvalue weighted by Gasteiger charge is -2.27. The Morgan fingerprint density at radius 1 is 1.24 bits per heavy atom. The predicted octanol–water partition coefficient (Wildman–Crippen LogP) is 3.00. The van der Waals surface area contributed by atoms with Crippen LogP contribution < -0.4 is 10.2 Å². The third-order valence-electron chi connectivity index (χ3n) is 4.62. The van der Waals surface area contributed by atoms with Crippen LogP contribution in [0, 0.1) is 5.82 Å². The first-order chi connectivity index (χ1) is 14.1. The van der Waals surface area contributed by atoms with E-state index in [-0.39, 0.29) is 17.1 Å². The summed E-state index contributed by atoms with van der Waals surface area (Å²) in [7, 11) is 0. The van der Waals surface area contributed by atoms with Gasteiger partial charge in [-0.05, 0) is 28.1 Å². The van der Waals surface area contributed by atoms with Crippen molar-refractivity contribution in [3.05, 3.63) is 39.5 Å².